The molecule has 0 aromatic carbocycles. The van der Waals surface area contributed by atoms with E-state index in [2.05, 4.69) is 15.3 Å². The summed E-state index contributed by atoms with van der Waals surface area (Å²) in [5.74, 6) is -0.423. The van der Waals surface area contributed by atoms with Crippen molar-refractivity contribution in [1.82, 2.24) is 9.97 Å². The van der Waals surface area contributed by atoms with E-state index in [0.29, 0.717) is 26.4 Å². The second-order valence-electron chi connectivity index (χ2n) is 3.53. The molecule has 0 fully saturated rings. The van der Waals surface area contributed by atoms with Crippen molar-refractivity contribution in [2.75, 3.05) is 44.5 Å². The number of nitrogens with two attached hydrogens (primary N) is 1. The lowest BCUT2D eigenvalue weighted by atomic mass is 10.4. The fourth-order valence-corrected chi connectivity index (χ4v) is 1.20. The van der Waals surface area contributed by atoms with Gasteiger partial charge in [-0.15, -0.1) is 0 Å². The highest BCUT2D eigenvalue weighted by molar-refractivity contribution is 5.41. The van der Waals surface area contributed by atoms with Crippen LogP contribution >= 0.6 is 0 Å². The van der Waals surface area contributed by atoms with Crippen LogP contribution in [0.5, 0.6) is 0 Å². The average molecular weight is 280 g/mol. The summed E-state index contributed by atoms with van der Waals surface area (Å²) >= 11 is 0. The number of methoxy groups -OCH3 is 1. The Hall–Kier alpha value is -1.61. The number of hydrogen-bond donors (Lipinski definition) is 2. The third kappa shape index (κ3) is 5.71. The summed E-state index contributed by atoms with van der Waals surface area (Å²) in [4.78, 5) is 6.78. The van der Waals surface area contributed by atoms with Crippen LogP contribution in [0.1, 0.15) is 5.69 Å². The first-order valence-corrected chi connectivity index (χ1v) is 5.46. The molecule has 0 saturated heterocycles. The fraction of sp³-hybridized carbons (Fsp3) is 0.600. The zero-order valence-electron chi connectivity index (χ0n) is 10.3. The first-order valence-electron chi connectivity index (χ1n) is 5.46. The van der Waals surface area contributed by atoms with Crippen molar-refractivity contribution < 1.29 is 22.6 Å². The zero-order chi connectivity index (χ0) is 14.3. The Kier molecular flexibility index (Phi) is 5.77. The van der Waals surface area contributed by atoms with Crippen LogP contribution in [-0.4, -0.2) is 43.4 Å². The van der Waals surface area contributed by atoms with Crippen molar-refractivity contribution in [3.63, 3.8) is 0 Å². The number of aromatic nitrogens is 2. The van der Waals surface area contributed by atoms with Crippen LogP contribution in [0.25, 0.3) is 0 Å². The molecule has 1 heterocycles. The minimum atomic E-state index is -4.55. The molecule has 0 aliphatic rings. The normalized spacial score (nSPS) is 11.6. The quantitative estimate of drug-likeness (QED) is 0.729. The van der Waals surface area contributed by atoms with Gasteiger partial charge in [-0.25, -0.2) is 4.98 Å². The zero-order valence-corrected chi connectivity index (χ0v) is 10.3. The van der Waals surface area contributed by atoms with Crippen LogP contribution in [-0.2, 0) is 15.7 Å². The molecule has 1 aromatic rings. The Morgan fingerprint density at radius 3 is 2.63 bits per heavy atom. The lowest BCUT2D eigenvalue weighted by Gasteiger charge is -2.10. The molecule has 0 aliphatic heterocycles. The fourth-order valence-electron chi connectivity index (χ4n) is 1.20. The summed E-state index contributed by atoms with van der Waals surface area (Å²) in [7, 11) is 1.55. The molecule has 3 N–H and O–H groups in total. The van der Waals surface area contributed by atoms with Crippen LogP contribution < -0.4 is 11.1 Å². The lowest BCUT2D eigenvalue weighted by Crippen LogP contribution is -2.16. The van der Waals surface area contributed by atoms with Crippen molar-refractivity contribution in [1.29, 1.82) is 0 Å². The molecular formula is C10H15F3N4O2. The van der Waals surface area contributed by atoms with Crippen LogP contribution in [0.4, 0.5) is 24.9 Å². The highest BCUT2D eigenvalue weighted by atomic mass is 19.4. The number of rotatable bonds is 7. The highest BCUT2D eigenvalue weighted by Crippen LogP contribution is 2.29. The van der Waals surface area contributed by atoms with Crippen molar-refractivity contribution >= 4 is 11.8 Å². The molecule has 0 atom stereocenters. The summed E-state index contributed by atoms with van der Waals surface area (Å²) in [6, 6.07) is 0.797. The number of halogens is 3. The van der Waals surface area contributed by atoms with Gasteiger partial charge in [-0.2, -0.15) is 18.2 Å². The van der Waals surface area contributed by atoms with Crippen molar-refractivity contribution in [3.8, 4) is 0 Å². The molecule has 0 unspecified atom stereocenters. The highest BCUT2D eigenvalue weighted by Gasteiger charge is 2.33. The van der Waals surface area contributed by atoms with Gasteiger partial charge >= 0.3 is 6.18 Å². The molecule has 0 amide bonds. The average Bonchev–Trinajstić information content (AvgIpc) is 2.32. The molecule has 0 radical (unpaired) electrons. The summed E-state index contributed by atoms with van der Waals surface area (Å²) in [6.45, 7) is 1.49. The number of nitrogens with zero attached hydrogens (tertiary/aromatic N) is 2. The summed E-state index contributed by atoms with van der Waals surface area (Å²) in [5.41, 5.74) is 4.14. The van der Waals surface area contributed by atoms with Gasteiger partial charge in [0.05, 0.1) is 19.8 Å². The van der Waals surface area contributed by atoms with Gasteiger partial charge in [0, 0.05) is 19.7 Å². The van der Waals surface area contributed by atoms with Gasteiger partial charge in [0.15, 0.2) is 5.69 Å². The van der Waals surface area contributed by atoms with Crippen LogP contribution in [0.2, 0.25) is 0 Å². The number of anilines is 2. The molecule has 108 valence electrons. The molecule has 0 saturated carbocycles. The smallest absolute Gasteiger partial charge is 0.382 e. The Balaban J connectivity index is 2.48. The van der Waals surface area contributed by atoms with Crippen molar-refractivity contribution in [2.45, 2.75) is 6.18 Å². The Morgan fingerprint density at radius 2 is 2.00 bits per heavy atom. The maximum atomic E-state index is 12.5. The van der Waals surface area contributed by atoms with Crippen LogP contribution in [0, 0.1) is 0 Å². The Morgan fingerprint density at radius 1 is 1.26 bits per heavy atom. The summed E-state index contributed by atoms with van der Waals surface area (Å²) < 4.78 is 47.3. The molecule has 9 heteroatoms. The number of hydrogen-bond acceptors (Lipinski definition) is 6. The van der Waals surface area contributed by atoms with Gasteiger partial charge in [0.1, 0.15) is 5.82 Å². The number of ether oxygens (including phenoxy) is 2. The first-order chi connectivity index (χ1) is 8.93. The summed E-state index contributed by atoms with van der Waals surface area (Å²) in [6.07, 6.45) is -4.55. The predicted molar refractivity (Wildman–Crippen MR) is 62.6 cm³/mol. The maximum Gasteiger partial charge on any atom is 0.433 e. The van der Waals surface area contributed by atoms with Gasteiger partial charge in [-0.3, -0.25) is 0 Å². The number of nitrogens with one attached hydrogen (secondary N) is 1. The Labute approximate surface area is 108 Å². The molecule has 6 nitrogen and oxygen atoms in total. The topological polar surface area (TPSA) is 82.3 Å². The molecule has 19 heavy (non-hydrogen) atoms. The van der Waals surface area contributed by atoms with Gasteiger partial charge < -0.3 is 20.5 Å². The standard InChI is InChI=1S/C10H15F3N4O2/c1-18-4-5-19-3-2-15-8-6-7(10(11,12)13)16-9(14)17-8/h6H,2-5H2,1H3,(H3,14,15,16,17). The monoisotopic (exact) mass is 280 g/mol. The van der Waals surface area contributed by atoms with Gasteiger partial charge in [0.2, 0.25) is 5.95 Å². The maximum absolute atomic E-state index is 12.5. The molecule has 1 rings (SSSR count). The van der Waals surface area contributed by atoms with Crippen LogP contribution in [0.15, 0.2) is 6.07 Å². The third-order valence-corrected chi connectivity index (χ3v) is 2.02. The Bertz CT molecular complexity index is 401. The van der Waals surface area contributed by atoms with E-state index in [4.69, 9.17) is 15.2 Å². The van der Waals surface area contributed by atoms with Gasteiger partial charge in [-0.05, 0) is 0 Å². The minimum Gasteiger partial charge on any atom is -0.382 e. The van der Waals surface area contributed by atoms with E-state index in [1.807, 2.05) is 0 Å². The molecule has 0 spiro atoms. The second-order valence-corrected chi connectivity index (χ2v) is 3.53. The van der Waals surface area contributed by atoms with E-state index >= 15 is 0 Å². The predicted octanol–water partition coefficient (Wildman–Crippen LogP) is 1.15. The van der Waals surface area contributed by atoms with Crippen LogP contribution in [0.3, 0.4) is 0 Å². The molecule has 0 bridgehead atoms. The van der Waals surface area contributed by atoms with Gasteiger partial charge in [-0.1, -0.05) is 0 Å². The van der Waals surface area contributed by atoms with Gasteiger partial charge in [0.25, 0.3) is 0 Å². The van der Waals surface area contributed by atoms with E-state index in [0.717, 1.165) is 6.07 Å². The van der Waals surface area contributed by atoms with Crippen molar-refractivity contribution in [3.05, 3.63) is 11.8 Å². The molecular weight excluding hydrogens is 265 g/mol. The van der Waals surface area contributed by atoms with E-state index < -0.39 is 17.8 Å². The minimum absolute atomic E-state index is 0.00941. The first kappa shape index (κ1) is 15.4. The largest absolute Gasteiger partial charge is 0.433 e. The van der Waals surface area contributed by atoms with E-state index in [1.54, 1.807) is 7.11 Å². The molecule has 1 aromatic heterocycles. The summed E-state index contributed by atoms with van der Waals surface area (Å²) in [5, 5.41) is 2.68. The lowest BCUT2D eigenvalue weighted by molar-refractivity contribution is -0.141. The van der Waals surface area contributed by atoms with E-state index in [9.17, 15) is 13.2 Å². The SMILES string of the molecule is COCCOCCNc1cc(C(F)(F)F)nc(N)n1. The van der Waals surface area contributed by atoms with Crippen molar-refractivity contribution in [2.24, 2.45) is 0 Å². The van der Waals surface area contributed by atoms with E-state index in [1.165, 1.54) is 0 Å². The third-order valence-electron chi connectivity index (χ3n) is 2.02. The number of nitrogen functional groups attached to an aromatic ring is 1. The second kappa shape index (κ2) is 7.10. The number of alkyl halides is 3. The van der Waals surface area contributed by atoms with E-state index in [-0.39, 0.29) is 5.82 Å². The molecule has 0 aliphatic carbocycles.